The lowest BCUT2D eigenvalue weighted by Gasteiger charge is -2.22. The summed E-state index contributed by atoms with van der Waals surface area (Å²) in [6.07, 6.45) is 1.33. The van der Waals surface area contributed by atoms with Gasteiger partial charge in [-0.1, -0.05) is 13.0 Å². The van der Waals surface area contributed by atoms with Crippen LogP contribution in [0.4, 0.5) is 5.69 Å². The Morgan fingerprint density at radius 2 is 1.81 bits per heavy atom. The molecule has 1 aliphatic rings. The van der Waals surface area contributed by atoms with Gasteiger partial charge in [-0.25, -0.2) is 0 Å². The minimum absolute atomic E-state index is 0.00695. The fourth-order valence-corrected chi connectivity index (χ4v) is 2.55. The Kier molecular flexibility index (Phi) is 4.83. The molecule has 2 amide bonds. The van der Waals surface area contributed by atoms with Crippen LogP contribution in [0.2, 0.25) is 0 Å². The second-order valence-electron chi connectivity index (χ2n) is 5.45. The van der Waals surface area contributed by atoms with Crippen LogP contribution in [0.1, 0.15) is 35.7 Å². The molecule has 0 saturated carbocycles. The minimum Gasteiger partial charge on any atom is -0.398 e. The Bertz CT molecular complexity index is 542. The number of nitrogen functional groups attached to an aromatic ring is 1. The molecule has 0 atom stereocenters. The SMILES string of the molecule is CCC(=O)N1CCCN(C(=O)c2ccc(C)c(N)c2)CC1. The van der Waals surface area contributed by atoms with Crippen molar-refractivity contribution >= 4 is 17.5 Å². The van der Waals surface area contributed by atoms with Gasteiger partial charge in [-0.05, 0) is 31.0 Å². The average molecular weight is 289 g/mol. The monoisotopic (exact) mass is 289 g/mol. The summed E-state index contributed by atoms with van der Waals surface area (Å²) in [5.74, 6) is 0.149. The van der Waals surface area contributed by atoms with Gasteiger partial charge in [0.2, 0.25) is 5.91 Å². The molecule has 0 aliphatic carbocycles. The van der Waals surface area contributed by atoms with E-state index in [1.807, 2.05) is 35.8 Å². The molecule has 114 valence electrons. The topological polar surface area (TPSA) is 66.6 Å². The van der Waals surface area contributed by atoms with Crippen LogP contribution in [0.5, 0.6) is 0 Å². The van der Waals surface area contributed by atoms with E-state index in [9.17, 15) is 9.59 Å². The third-order valence-electron chi connectivity index (χ3n) is 3.96. The number of aryl methyl sites for hydroxylation is 1. The molecular weight excluding hydrogens is 266 g/mol. The van der Waals surface area contributed by atoms with Crippen LogP contribution in [-0.2, 0) is 4.79 Å². The van der Waals surface area contributed by atoms with Crippen LogP contribution in [0, 0.1) is 6.92 Å². The lowest BCUT2D eigenvalue weighted by Crippen LogP contribution is -2.37. The summed E-state index contributed by atoms with van der Waals surface area (Å²) in [7, 11) is 0. The van der Waals surface area contributed by atoms with E-state index in [0.717, 1.165) is 18.5 Å². The van der Waals surface area contributed by atoms with Gasteiger partial charge in [-0.15, -0.1) is 0 Å². The second-order valence-corrected chi connectivity index (χ2v) is 5.45. The van der Waals surface area contributed by atoms with E-state index in [4.69, 9.17) is 5.73 Å². The number of anilines is 1. The van der Waals surface area contributed by atoms with Crippen LogP contribution < -0.4 is 5.73 Å². The Morgan fingerprint density at radius 3 is 2.48 bits per heavy atom. The summed E-state index contributed by atoms with van der Waals surface area (Å²) in [6.45, 7) is 6.39. The van der Waals surface area contributed by atoms with Crippen LogP contribution in [0.3, 0.4) is 0 Å². The van der Waals surface area contributed by atoms with Gasteiger partial charge in [-0.2, -0.15) is 0 Å². The van der Waals surface area contributed by atoms with Crippen molar-refractivity contribution in [2.75, 3.05) is 31.9 Å². The maximum Gasteiger partial charge on any atom is 0.253 e. The van der Waals surface area contributed by atoms with Crippen molar-refractivity contribution in [1.82, 2.24) is 9.80 Å². The molecule has 1 aromatic carbocycles. The lowest BCUT2D eigenvalue weighted by atomic mass is 10.1. The fourth-order valence-electron chi connectivity index (χ4n) is 2.55. The summed E-state index contributed by atoms with van der Waals surface area (Å²) >= 11 is 0. The van der Waals surface area contributed by atoms with Crippen molar-refractivity contribution in [3.63, 3.8) is 0 Å². The molecule has 0 unspecified atom stereocenters. The fraction of sp³-hybridized carbons (Fsp3) is 0.500. The molecule has 1 saturated heterocycles. The highest BCUT2D eigenvalue weighted by molar-refractivity contribution is 5.95. The Labute approximate surface area is 125 Å². The number of amides is 2. The summed E-state index contributed by atoms with van der Waals surface area (Å²) in [5.41, 5.74) is 8.11. The number of hydrogen-bond donors (Lipinski definition) is 1. The maximum atomic E-state index is 12.5. The number of carbonyl (C=O) groups excluding carboxylic acids is 2. The Balaban J connectivity index is 2.06. The summed E-state index contributed by atoms with van der Waals surface area (Å²) < 4.78 is 0. The van der Waals surface area contributed by atoms with E-state index in [1.54, 1.807) is 6.07 Å². The van der Waals surface area contributed by atoms with Gasteiger partial charge in [0.05, 0.1) is 0 Å². The Morgan fingerprint density at radius 1 is 1.14 bits per heavy atom. The number of hydrogen-bond acceptors (Lipinski definition) is 3. The van der Waals surface area contributed by atoms with Gasteiger partial charge in [0.1, 0.15) is 0 Å². The van der Waals surface area contributed by atoms with E-state index >= 15 is 0 Å². The number of rotatable bonds is 2. The highest BCUT2D eigenvalue weighted by atomic mass is 16.2. The molecule has 2 rings (SSSR count). The van der Waals surface area contributed by atoms with E-state index in [-0.39, 0.29) is 11.8 Å². The minimum atomic E-state index is -0.00695. The number of benzene rings is 1. The van der Waals surface area contributed by atoms with E-state index in [0.29, 0.717) is 37.3 Å². The normalized spacial score (nSPS) is 15.7. The van der Waals surface area contributed by atoms with Crippen molar-refractivity contribution in [1.29, 1.82) is 0 Å². The summed E-state index contributed by atoms with van der Waals surface area (Å²) in [5, 5.41) is 0. The number of carbonyl (C=O) groups is 2. The third-order valence-corrected chi connectivity index (χ3v) is 3.96. The van der Waals surface area contributed by atoms with Crippen molar-refractivity contribution in [3.8, 4) is 0 Å². The molecule has 5 heteroatoms. The molecule has 21 heavy (non-hydrogen) atoms. The van der Waals surface area contributed by atoms with E-state index in [2.05, 4.69) is 0 Å². The molecule has 0 spiro atoms. The molecular formula is C16H23N3O2. The van der Waals surface area contributed by atoms with Crippen molar-refractivity contribution in [2.24, 2.45) is 0 Å². The highest BCUT2D eigenvalue weighted by Crippen LogP contribution is 2.16. The van der Waals surface area contributed by atoms with Crippen LogP contribution in [-0.4, -0.2) is 47.8 Å². The van der Waals surface area contributed by atoms with Gasteiger partial charge in [0.15, 0.2) is 0 Å². The van der Waals surface area contributed by atoms with Crippen molar-refractivity contribution < 1.29 is 9.59 Å². The van der Waals surface area contributed by atoms with Crippen LogP contribution in [0.25, 0.3) is 0 Å². The maximum absolute atomic E-state index is 12.5. The molecule has 0 aromatic heterocycles. The first-order chi connectivity index (χ1) is 10.0. The number of nitrogens with two attached hydrogens (primary N) is 1. The van der Waals surface area contributed by atoms with Gasteiger partial charge in [0, 0.05) is 43.9 Å². The quantitative estimate of drug-likeness (QED) is 0.842. The zero-order chi connectivity index (χ0) is 15.4. The summed E-state index contributed by atoms with van der Waals surface area (Å²) in [6, 6.07) is 5.42. The van der Waals surface area contributed by atoms with Crippen molar-refractivity contribution in [3.05, 3.63) is 29.3 Å². The average Bonchev–Trinajstić information content (AvgIpc) is 2.74. The predicted octanol–water partition coefficient (Wildman–Crippen LogP) is 1.66. The summed E-state index contributed by atoms with van der Waals surface area (Å²) in [4.78, 5) is 27.9. The smallest absolute Gasteiger partial charge is 0.253 e. The number of nitrogens with zero attached hydrogens (tertiary/aromatic N) is 2. The first-order valence-corrected chi connectivity index (χ1v) is 7.46. The molecule has 5 nitrogen and oxygen atoms in total. The van der Waals surface area contributed by atoms with Gasteiger partial charge >= 0.3 is 0 Å². The second kappa shape index (κ2) is 6.61. The lowest BCUT2D eigenvalue weighted by molar-refractivity contribution is -0.130. The standard InChI is InChI=1S/C16H23N3O2/c1-3-15(20)18-7-4-8-19(10-9-18)16(21)13-6-5-12(2)14(17)11-13/h5-6,11H,3-4,7-10,17H2,1-2H3. The first-order valence-electron chi connectivity index (χ1n) is 7.46. The molecule has 1 fully saturated rings. The molecule has 1 heterocycles. The molecule has 1 aromatic rings. The Hall–Kier alpha value is -2.04. The van der Waals surface area contributed by atoms with Crippen LogP contribution in [0.15, 0.2) is 18.2 Å². The van der Waals surface area contributed by atoms with Gasteiger partial charge in [0.25, 0.3) is 5.91 Å². The van der Waals surface area contributed by atoms with Crippen LogP contribution >= 0.6 is 0 Å². The highest BCUT2D eigenvalue weighted by Gasteiger charge is 2.22. The largest absolute Gasteiger partial charge is 0.398 e. The van der Waals surface area contributed by atoms with E-state index in [1.165, 1.54) is 0 Å². The van der Waals surface area contributed by atoms with Gasteiger partial charge in [-0.3, -0.25) is 9.59 Å². The first kappa shape index (κ1) is 15.4. The van der Waals surface area contributed by atoms with Crippen molar-refractivity contribution in [2.45, 2.75) is 26.7 Å². The molecule has 0 radical (unpaired) electrons. The molecule has 2 N–H and O–H groups in total. The third kappa shape index (κ3) is 3.54. The molecule has 0 bridgehead atoms. The van der Waals surface area contributed by atoms with E-state index < -0.39 is 0 Å². The zero-order valence-electron chi connectivity index (χ0n) is 12.8. The predicted molar refractivity (Wildman–Crippen MR) is 83.0 cm³/mol. The molecule has 1 aliphatic heterocycles. The van der Waals surface area contributed by atoms with Gasteiger partial charge < -0.3 is 15.5 Å². The zero-order valence-corrected chi connectivity index (χ0v) is 12.8.